The molecule has 16 atom stereocenters. The van der Waals surface area contributed by atoms with Crippen LogP contribution in [0.25, 0.3) is 21.8 Å². The molecule has 2 aromatic heterocycles. The second-order valence-electron chi connectivity index (χ2n) is 33.1. The Balaban J connectivity index is 0.000000165. The van der Waals surface area contributed by atoms with Gasteiger partial charge in [0.05, 0.1) is 72.4 Å². The van der Waals surface area contributed by atoms with E-state index in [4.69, 9.17) is 57.8 Å². The van der Waals surface area contributed by atoms with Gasteiger partial charge in [-0.05, 0) is 113 Å². The Bertz CT molecular complexity index is 5800. The van der Waals surface area contributed by atoms with Crippen LogP contribution in [-0.2, 0) is 70.1 Å². The maximum absolute atomic E-state index is 15.3. The fourth-order valence-corrected chi connectivity index (χ4v) is 25.5. The first-order valence-electron chi connectivity index (χ1n) is 40.3. The Morgan fingerprint density at radius 1 is 0.628 bits per heavy atom. The van der Waals surface area contributed by atoms with Crippen LogP contribution in [0.3, 0.4) is 0 Å². The number of phenolic OH excluding ortho intramolecular Hbond substituents is 2. The summed E-state index contributed by atoms with van der Waals surface area (Å²) in [5.74, 6) is 1.54. The Morgan fingerprint density at radius 3 is 1.48 bits per heavy atom. The number of aromatic amines is 2. The zero-order valence-corrected chi connectivity index (χ0v) is 69.5. The fraction of sp³-hybridized carbons (Fsp3) is 0.449. The van der Waals surface area contributed by atoms with Crippen molar-refractivity contribution in [2.75, 3.05) is 86.3 Å². The van der Waals surface area contributed by atoms with Crippen molar-refractivity contribution in [1.29, 1.82) is 10.5 Å². The van der Waals surface area contributed by atoms with Crippen LogP contribution in [0.5, 0.6) is 57.5 Å². The van der Waals surface area contributed by atoms with Gasteiger partial charge in [0.25, 0.3) is 0 Å². The van der Waals surface area contributed by atoms with Crippen molar-refractivity contribution in [3.8, 4) is 69.6 Å². The van der Waals surface area contributed by atoms with Gasteiger partial charge in [-0.25, -0.2) is 14.4 Å². The number of H-pyrrole nitrogens is 2. The molecule has 14 aliphatic heterocycles. The van der Waals surface area contributed by atoms with Gasteiger partial charge in [-0.1, -0.05) is 68.6 Å². The number of carbonyl (C=O) groups excluding carboxylic acids is 5. The first-order chi connectivity index (χ1) is 57.9. The topological polar surface area (TPSA) is 382 Å². The summed E-state index contributed by atoms with van der Waals surface area (Å²) in [6.45, 7) is 13.8. The largest absolute Gasteiger partial charge is 0.504 e. The lowest BCUT2D eigenvalue weighted by Gasteiger charge is -2.62. The number of hydrogen-bond donors (Lipinski definition) is 8. The van der Waals surface area contributed by atoms with E-state index in [9.17, 15) is 35.1 Å². The second-order valence-corrected chi connectivity index (χ2v) is 35.4. The molecule has 121 heavy (non-hydrogen) atoms. The van der Waals surface area contributed by atoms with Crippen molar-refractivity contribution in [3.05, 3.63) is 163 Å². The van der Waals surface area contributed by atoms with Crippen LogP contribution in [0.15, 0.2) is 73.3 Å². The molecule has 0 saturated carbocycles. The number of ether oxygens (including phenoxy) is 11. The number of piperazine rings is 2. The number of thioether (sulfide) groups is 2. The molecule has 8 aromatic rings. The van der Waals surface area contributed by atoms with E-state index in [2.05, 4.69) is 76.4 Å². The smallest absolute Gasteiger partial charge is 0.407 e. The van der Waals surface area contributed by atoms with E-state index in [-0.39, 0.29) is 88.5 Å². The van der Waals surface area contributed by atoms with E-state index in [1.165, 1.54) is 50.6 Å². The molecular formula is C89H96N12O18S2. The van der Waals surface area contributed by atoms with Gasteiger partial charge in [0.2, 0.25) is 13.6 Å². The van der Waals surface area contributed by atoms with Gasteiger partial charge in [-0.3, -0.25) is 39.8 Å². The number of nitriles is 2. The van der Waals surface area contributed by atoms with Crippen LogP contribution in [0.4, 0.5) is 4.79 Å². The predicted octanol–water partition coefficient (Wildman–Crippen LogP) is 9.75. The number of carbonyl (C=O) groups is 5. The van der Waals surface area contributed by atoms with Crippen LogP contribution in [-0.4, -0.2) is 204 Å². The lowest BCUT2D eigenvalue weighted by atomic mass is 9.71. The molecule has 30 nitrogen and oxygen atoms in total. The van der Waals surface area contributed by atoms with Crippen LogP contribution in [0.2, 0.25) is 0 Å². The van der Waals surface area contributed by atoms with Gasteiger partial charge in [0, 0.05) is 141 Å². The Hall–Kier alpha value is -10.9. The Morgan fingerprint density at radius 2 is 1.06 bits per heavy atom. The molecule has 22 rings (SSSR count). The minimum Gasteiger partial charge on any atom is -0.504 e. The number of hydrogen-bond acceptors (Lipinski definition) is 29. The highest BCUT2D eigenvalue weighted by Gasteiger charge is 2.66. The molecule has 16 heterocycles. The highest BCUT2D eigenvalue weighted by molar-refractivity contribution is 7.99. The lowest BCUT2D eigenvalue weighted by Crippen LogP contribution is -2.69. The summed E-state index contributed by atoms with van der Waals surface area (Å²) in [5.41, 5.74) is 17.3. The number of aryl methyl sites for hydroxylation is 2. The van der Waals surface area contributed by atoms with Crippen molar-refractivity contribution in [1.82, 2.24) is 45.5 Å². The minimum absolute atomic E-state index is 0. The van der Waals surface area contributed by atoms with Crippen molar-refractivity contribution in [2.24, 2.45) is 5.73 Å². The number of methoxy groups -OCH3 is 2. The molecule has 32 heteroatoms. The van der Waals surface area contributed by atoms with E-state index >= 15 is 9.59 Å². The van der Waals surface area contributed by atoms with Crippen LogP contribution in [0, 0.1) is 50.4 Å². The molecule has 6 aromatic carbocycles. The highest BCUT2D eigenvalue weighted by Crippen LogP contribution is 2.68. The number of alkyl carbamates (subject to hydrolysis) is 1. The van der Waals surface area contributed by atoms with Gasteiger partial charge in [-0.2, -0.15) is 10.5 Å². The number of likely N-dealkylation sites (N-methyl/N-ethyl adjacent to an activating group) is 2. The first kappa shape index (κ1) is 81.1. The van der Waals surface area contributed by atoms with Gasteiger partial charge < -0.3 is 83.3 Å². The number of para-hydroxylation sites is 2. The van der Waals surface area contributed by atoms with Gasteiger partial charge in [0.15, 0.2) is 57.1 Å². The number of phenols is 2. The third-order valence-electron chi connectivity index (χ3n) is 26.9. The Kier molecular flexibility index (Phi) is 20.5. The monoisotopic (exact) mass is 1680 g/mol. The molecule has 4 fully saturated rings. The van der Waals surface area contributed by atoms with E-state index in [0.717, 1.165) is 66.4 Å². The number of esters is 4. The zero-order chi connectivity index (χ0) is 83.7. The number of fused-ring (bicyclic) bond motifs is 22. The summed E-state index contributed by atoms with van der Waals surface area (Å²) in [5, 5.41) is 57.8. The maximum atomic E-state index is 15.3. The van der Waals surface area contributed by atoms with Crippen LogP contribution < -0.4 is 59.6 Å². The number of amides is 1. The minimum atomic E-state index is -1.49. The van der Waals surface area contributed by atoms with E-state index < -0.39 is 106 Å². The third kappa shape index (κ3) is 12.1. The zero-order valence-electron chi connectivity index (χ0n) is 67.8. The normalized spacial score (nSPS) is 28.6. The molecule has 14 aliphatic rings. The molecule has 4 saturated heterocycles. The predicted molar refractivity (Wildman–Crippen MR) is 446 cm³/mol. The van der Waals surface area contributed by atoms with Gasteiger partial charge >= 0.3 is 30.0 Å². The first-order valence-corrected chi connectivity index (χ1v) is 42.4. The average Bonchev–Trinajstić information content (AvgIpc) is 1.44. The van der Waals surface area contributed by atoms with Crippen molar-refractivity contribution in [2.45, 2.75) is 169 Å². The number of nitrogens with one attached hydrogen (secondary N) is 5. The summed E-state index contributed by atoms with van der Waals surface area (Å²) >= 11 is 3.00. The van der Waals surface area contributed by atoms with Crippen LogP contribution in [0.1, 0.15) is 145 Å². The number of aromatic hydroxyl groups is 2. The van der Waals surface area contributed by atoms with Crippen molar-refractivity contribution in [3.63, 3.8) is 0 Å². The lowest BCUT2D eigenvalue weighted by molar-refractivity contribution is -0.158. The molecule has 2 spiro atoms. The molecule has 0 aliphatic carbocycles. The highest BCUT2D eigenvalue weighted by atomic mass is 32.2. The summed E-state index contributed by atoms with van der Waals surface area (Å²) in [6, 6.07) is 19.0. The number of aromatic nitrogens is 2. The standard InChI is InChI=1S/C46H48N6O10S.C42H44N6O8S.CH4/c1-7-12-58-45(56)48-17-25-15-27-26-10-8-9-11-28(26)49-43(27)46(50-25)19-63-42-34-33(41-40(60-20-61-41)22(3)39(34)62-23(4)53)31(18-59-44(46)55)52-30(16-47)29-14-24-13-21(2)38(57-6)37(54)32(24)35(36(42)52)51(29)5;1-18-10-21-11-26-27(14-44)48-28-15-53-41(51)42(40-24(12-22(13-43)46-42)23-8-6-7-9-25(23)45-40)16-57-39(33(48)32(47(26)4)29(21)34(50)35(18)52-5)31-30(28)38-37(54-17-55-38)19(2)36(31)56-20(3)49;/h7-11,13,25,29-31,35-36,42,49-50,54H,1,12,14-15,17-20H2,2-6H3,(H,48,56);6-10,22,26-28,32-33,39,45-46,50H,11-13,15-17,43H2,1-5H3;1H4/t25-,29-,30-,31-,35+,36+,42+,46+;22-,26-,27-,28-,32+,33+,39+,42+;/m00./s1. The number of rotatable bonds is 9. The number of benzene rings is 6. The molecule has 0 unspecified atom stereocenters. The summed E-state index contributed by atoms with van der Waals surface area (Å²) in [4.78, 5) is 85.2. The molecule has 1 amide bonds. The van der Waals surface area contributed by atoms with E-state index in [1.54, 1.807) is 7.11 Å². The average molecular weight is 1690 g/mol. The number of nitrogens with two attached hydrogens (primary N) is 1. The Labute approximate surface area is 706 Å². The molecule has 9 N–H and O–H groups in total. The second kappa shape index (κ2) is 30.6. The fourth-order valence-electron chi connectivity index (χ4n) is 22.2. The quantitative estimate of drug-likeness (QED) is 0.0288. The van der Waals surface area contributed by atoms with Crippen LogP contribution >= 0.6 is 23.5 Å². The number of nitrogens with zero attached hydrogens (tertiary/aromatic N) is 6. The molecule has 0 radical (unpaired) electrons. The molecule has 632 valence electrons. The van der Waals surface area contributed by atoms with Gasteiger partial charge in [-0.15, -0.1) is 23.5 Å². The summed E-state index contributed by atoms with van der Waals surface area (Å²) in [7, 11) is 7.08. The summed E-state index contributed by atoms with van der Waals surface area (Å²) < 4.78 is 67.1. The van der Waals surface area contributed by atoms with E-state index in [0.29, 0.717) is 123 Å². The molecular weight excluding hydrogens is 1590 g/mol. The van der Waals surface area contributed by atoms with Gasteiger partial charge in [0.1, 0.15) is 43.4 Å². The SMILES string of the molecule is C.C=CCOC(=O)NC[C@@H]1Cc2c([nH]c3ccccc23)[C@@]2(CS[C@@H]3c4c(OC(C)=O)c(C)c5c(c4[C@H](COC2=O)N2[C@@H]3[C@H]3c4c(cc(C)c(OC)c4O)C[C@@H]([C@@H]2C#N)N3C)OCO5)N1.COc1c(C)cc2c(c1O)[C@@H]1[C@@H]3[C@@H]4SC[C@]5(N[C@H](CN)Cc6c5[nH]c5ccccc65)C(=O)OC[C@@H](c5c6c(c(C)c(OC(C)=O)c54)OCO6)N3[C@@H](C#N)[C@H](C2)N1C. The third-order valence-corrected chi connectivity index (χ3v) is 29.8. The van der Waals surface area contributed by atoms with E-state index in [1.807, 2.05) is 90.3 Å². The summed E-state index contributed by atoms with van der Waals surface area (Å²) in [6.07, 6.45) is 2.93. The maximum Gasteiger partial charge on any atom is 0.407 e. The molecule has 8 bridgehead atoms. The van der Waals surface area contributed by atoms with Crippen molar-refractivity contribution >= 4 is 75.3 Å². The van der Waals surface area contributed by atoms with Crippen molar-refractivity contribution < 1.29 is 86.3 Å².